The average molecular weight is 277 g/mol. The summed E-state index contributed by atoms with van der Waals surface area (Å²) in [4.78, 5) is 0.956. The normalized spacial score (nSPS) is 28.7. The Morgan fingerprint density at radius 1 is 1.05 bits per heavy atom. The van der Waals surface area contributed by atoms with E-state index in [0.717, 1.165) is 23.6 Å². The Bertz CT molecular complexity index is 583. The van der Waals surface area contributed by atoms with Gasteiger partial charge in [-0.05, 0) is 32.1 Å². The molecule has 6 heteroatoms. The van der Waals surface area contributed by atoms with Gasteiger partial charge in [0.25, 0.3) is 0 Å². The van der Waals surface area contributed by atoms with Gasteiger partial charge in [0.1, 0.15) is 5.01 Å². The third-order valence-corrected chi connectivity index (χ3v) is 5.63. The topological polar surface area (TPSA) is 69.1 Å². The quantitative estimate of drug-likeness (QED) is 0.915. The second kappa shape index (κ2) is 4.52. The SMILES string of the molecule is N[C@H]1CC[C@@H](c2nn3c(C4CCCC4)nnc3s2)C1. The zero-order valence-electron chi connectivity index (χ0n) is 11.0. The first-order valence-corrected chi connectivity index (χ1v) is 8.10. The summed E-state index contributed by atoms with van der Waals surface area (Å²) >= 11 is 1.70. The second-order valence-corrected chi connectivity index (χ2v) is 6.93. The standard InChI is InChI=1S/C13H19N5S/c14-10-6-5-9(7-10)12-17-18-11(8-3-1-2-4-8)15-16-13(18)19-12/h8-10H,1-7,14H2/t9-,10+/m1/s1. The molecule has 2 N–H and O–H groups in total. The van der Waals surface area contributed by atoms with Crippen molar-refractivity contribution in [3.8, 4) is 0 Å². The van der Waals surface area contributed by atoms with Gasteiger partial charge in [-0.1, -0.05) is 24.2 Å². The Labute approximate surface area is 116 Å². The third kappa shape index (κ3) is 1.97. The minimum atomic E-state index is 0.355. The Morgan fingerprint density at radius 2 is 1.89 bits per heavy atom. The molecule has 4 rings (SSSR count). The van der Waals surface area contributed by atoms with Crippen LogP contribution in [0.25, 0.3) is 4.96 Å². The number of aromatic nitrogens is 4. The van der Waals surface area contributed by atoms with Gasteiger partial charge < -0.3 is 5.73 Å². The van der Waals surface area contributed by atoms with Crippen LogP contribution in [0.3, 0.4) is 0 Å². The zero-order valence-corrected chi connectivity index (χ0v) is 11.8. The van der Waals surface area contributed by atoms with Crippen molar-refractivity contribution in [1.82, 2.24) is 19.8 Å². The maximum atomic E-state index is 6.00. The van der Waals surface area contributed by atoms with Crippen LogP contribution in [-0.4, -0.2) is 25.9 Å². The first-order valence-electron chi connectivity index (χ1n) is 7.29. The average Bonchev–Trinajstić information content (AvgIpc) is 3.11. The van der Waals surface area contributed by atoms with Crippen LogP contribution in [0.4, 0.5) is 0 Å². The molecule has 2 saturated carbocycles. The summed E-state index contributed by atoms with van der Waals surface area (Å²) in [5, 5.41) is 14.7. The molecule has 2 aromatic rings. The molecule has 2 aromatic heterocycles. The van der Waals surface area contributed by atoms with Crippen LogP contribution >= 0.6 is 11.3 Å². The van der Waals surface area contributed by atoms with Crippen LogP contribution < -0.4 is 5.73 Å². The van der Waals surface area contributed by atoms with Gasteiger partial charge >= 0.3 is 0 Å². The van der Waals surface area contributed by atoms with Crippen molar-refractivity contribution in [2.75, 3.05) is 0 Å². The molecule has 2 atom stereocenters. The van der Waals surface area contributed by atoms with Crippen LogP contribution in [0.1, 0.15) is 67.6 Å². The van der Waals surface area contributed by atoms with Crippen molar-refractivity contribution >= 4 is 16.3 Å². The van der Waals surface area contributed by atoms with E-state index in [0.29, 0.717) is 17.9 Å². The summed E-state index contributed by atoms with van der Waals surface area (Å²) in [6.45, 7) is 0. The number of nitrogens with two attached hydrogens (primary N) is 1. The Balaban J connectivity index is 1.67. The van der Waals surface area contributed by atoms with Crippen LogP contribution in [0.15, 0.2) is 0 Å². The molecule has 5 nitrogen and oxygen atoms in total. The van der Waals surface area contributed by atoms with Crippen molar-refractivity contribution in [3.63, 3.8) is 0 Å². The molecule has 0 aliphatic heterocycles. The Hall–Kier alpha value is -1.01. The van der Waals surface area contributed by atoms with Crippen molar-refractivity contribution in [2.45, 2.75) is 62.8 Å². The van der Waals surface area contributed by atoms with Crippen LogP contribution in [0.5, 0.6) is 0 Å². The molecule has 0 saturated heterocycles. The van der Waals surface area contributed by atoms with Crippen LogP contribution in [0, 0.1) is 0 Å². The van der Waals surface area contributed by atoms with Crippen molar-refractivity contribution in [1.29, 1.82) is 0 Å². The molecule has 2 fully saturated rings. The highest BCUT2D eigenvalue weighted by molar-refractivity contribution is 7.16. The second-order valence-electron chi connectivity index (χ2n) is 5.94. The molecule has 0 amide bonds. The van der Waals surface area contributed by atoms with Gasteiger partial charge in [-0.2, -0.15) is 9.61 Å². The van der Waals surface area contributed by atoms with Gasteiger partial charge in [0, 0.05) is 17.9 Å². The zero-order chi connectivity index (χ0) is 12.8. The summed E-state index contributed by atoms with van der Waals surface area (Å²) in [6.07, 6.45) is 8.47. The predicted octanol–water partition coefficient (Wildman–Crippen LogP) is 2.44. The number of rotatable bonds is 2. The maximum Gasteiger partial charge on any atom is 0.234 e. The van der Waals surface area contributed by atoms with Crippen molar-refractivity contribution < 1.29 is 0 Å². The van der Waals surface area contributed by atoms with Gasteiger partial charge in [0.05, 0.1) is 0 Å². The lowest BCUT2D eigenvalue weighted by molar-refractivity contribution is 0.622. The summed E-state index contributed by atoms with van der Waals surface area (Å²) in [7, 11) is 0. The summed E-state index contributed by atoms with van der Waals surface area (Å²) in [6, 6.07) is 0.355. The predicted molar refractivity (Wildman–Crippen MR) is 74.4 cm³/mol. The van der Waals surface area contributed by atoms with Gasteiger partial charge in [-0.25, -0.2) is 0 Å². The maximum absolute atomic E-state index is 6.00. The molecule has 0 radical (unpaired) electrons. The van der Waals surface area contributed by atoms with Gasteiger partial charge in [-0.15, -0.1) is 10.2 Å². The van der Waals surface area contributed by atoms with Crippen molar-refractivity contribution in [3.05, 3.63) is 10.8 Å². The molecule has 2 heterocycles. The molecule has 0 aromatic carbocycles. The Kier molecular flexibility index (Phi) is 2.81. The fourth-order valence-corrected chi connectivity index (χ4v) is 4.48. The number of fused-ring (bicyclic) bond motifs is 1. The van der Waals surface area contributed by atoms with E-state index < -0.39 is 0 Å². The minimum absolute atomic E-state index is 0.355. The highest BCUT2D eigenvalue weighted by Crippen LogP contribution is 2.37. The molecule has 2 aliphatic carbocycles. The Morgan fingerprint density at radius 3 is 2.63 bits per heavy atom. The lowest BCUT2D eigenvalue weighted by Gasteiger charge is -2.05. The van der Waals surface area contributed by atoms with Gasteiger partial charge in [-0.3, -0.25) is 0 Å². The molecular weight excluding hydrogens is 258 g/mol. The monoisotopic (exact) mass is 277 g/mol. The van der Waals surface area contributed by atoms with Gasteiger partial charge in [0.2, 0.25) is 4.96 Å². The summed E-state index contributed by atoms with van der Waals surface area (Å²) < 4.78 is 2.00. The number of hydrogen-bond donors (Lipinski definition) is 1. The van der Waals surface area contributed by atoms with Crippen LogP contribution in [-0.2, 0) is 0 Å². The molecule has 0 spiro atoms. The molecule has 0 bridgehead atoms. The van der Waals surface area contributed by atoms with E-state index in [9.17, 15) is 0 Å². The first kappa shape index (κ1) is 11.8. The van der Waals surface area contributed by atoms with E-state index >= 15 is 0 Å². The van der Waals surface area contributed by atoms with Gasteiger partial charge in [0.15, 0.2) is 5.82 Å². The van der Waals surface area contributed by atoms with E-state index in [4.69, 9.17) is 10.8 Å². The molecular formula is C13H19N5S. The van der Waals surface area contributed by atoms with E-state index in [1.807, 2.05) is 4.52 Å². The first-order chi connectivity index (χ1) is 9.31. The van der Waals surface area contributed by atoms with E-state index in [2.05, 4.69) is 10.2 Å². The molecule has 102 valence electrons. The number of nitrogens with zero attached hydrogens (tertiary/aromatic N) is 4. The highest BCUT2D eigenvalue weighted by atomic mass is 32.1. The minimum Gasteiger partial charge on any atom is -0.328 e. The lowest BCUT2D eigenvalue weighted by atomic mass is 10.1. The molecule has 2 aliphatic rings. The van der Waals surface area contributed by atoms with Crippen molar-refractivity contribution in [2.24, 2.45) is 5.73 Å². The largest absolute Gasteiger partial charge is 0.328 e. The van der Waals surface area contributed by atoms with E-state index in [1.54, 1.807) is 11.3 Å². The fraction of sp³-hybridized carbons (Fsp3) is 0.769. The molecule has 0 unspecified atom stereocenters. The molecule has 19 heavy (non-hydrogen) atoms. The number of hydrogen-bond acceptors (Lipinski definition) is 5. The van der Waals surface area contributed by atoms with Crippen LogP contribution in [0.2, 0.25) is 0 Å². The summed E-state index contributed by atoms with van der Waals surface area (Å²) in [5.41, 5.74) is 6.00. The third-order valence-electron chi connectivity index (χ3n) is 4.57. The highest BCUT2D eigenvalue weighted by Gasteiger charge is 2.29. The summed E-state index contributed by atoms with van der Waals surface area (Å²) in [5.74, 6) is 2.19. The van der Waals surface area contributed by atoms with E-state index in [-0.39, 0.29) is 0 Å². The lowest BCUT2D eigenvalue weighted by Crippen LogP contribution is -2.14. The fourth-order valence-electron chi connectivity index (χ4n) is 3.49. The van der Waals surface area contributed by atoms with E-state index in [1.165, 1.54) is 37.1 Å². The smallest absolute Gasteiger partial charge is 0.234 e.